The van der Waals surface area contributed by atoms with E-state index >= 15 is 0 Å². The third-order valence-corrected chi connectivity index (χ3v) is 1.94. The van der Waals surface area contributed by atoms with Gasteiger partial charge in [0, 0.05) is 11.6 Å². The van der Waals surface area contributed by atoms with Crippen molar-refractivity contribution in [1.82, 2.24) is 9.78 Å². The van der Waals surface area contributed by atoms with Crippen LogP contribution in [0.4, 0.5) is 0 Å². The highest BCUT2D eigenvalue weighted by molar-refractivity contribution is 6.30. The van der Waals surface area contributed by atoms with Crippen LogP contribution in [0, 0.1) is 5.41 Å². The van der Waals surface area contributed by atoms with Crippen LogP contribution >= 0.6 is 11.6 Å². The zero-order chi connectivity index (χ0) is 10.1. The van der Waals surface area contributed by atoms with Crippen molar-refractivity contribution < 1.29 is 4.79 Å². The molecule has 1 aromatic rings. The Labute approximate surface area is 82.7 Å². The lowest BCUT2D eigenvalue weighted by molar-refractivity contribution is -0.127. The third kappa shape index (κ3) is 2.84. The van der Waals surface area contributed by atoms with Gasteiger partial charge in [-0.15, -0.1) is 0 Å². The lowest BCUT2D eigenvalue weighted by atomic mass is 9.91. The van der Waals surface area contributed by atoms with Crippen LogP contribution in [-0.4, -0.2) is 15.6 Å². The van der Waals surface area contributed by atoms with Crippen molar-refractivity contribution in [3.63, 3.8) is 0 Å². The maximum absolute atomic E-state index is 11.5. The number of hydrogen-bond acceptors (Lipinski definition) is 2. The average molecular weight is 201 g/mol. The summed E-state index contributed by atoms with van der Waals surface area (Å²) in [5.74, 6) is 0.146. The van der Waals surface area contributed by atoms with Gasteiger partial charge in [0.25, 0.3) is 0 Å². The molecule has 0 unspecified atom stereocenters. The Kier molecular flexibility index (Phi) is 2.76. The molecule has 0 aliphatic rings. The van der Waals surface area contributed by atoms with Gasteiger partial charge in [0.15, 0.2) is 5.78 Å². The monoisotopic (exact) mass is 200 g/mol. The van der Waals surface area contributed by atoms with Crippen LogP contribution in [0.2, 0.25) is 5.02 Å². The summed E-state index contributed by atoms with van der Waals surface area (Å²) in [6.45, 7) is 5.96. The van der Waals surface area contributed by atoms with Crippen molar-refractivity contribution >= 4 is 17.4 Å². The van der Waals surface area contributed by atoms with Crippen LogP contribution < -0.4 is 0 Å². The zero-order valence-corrected chi connectivity index (χ0v) is 8.80. The van der Waals surface area contributed by atoms with E-state index in [2.05, 4.69) is 5.10 Å². The van der Waals surface area contributed by atoms with E-state index in [1.165, 1.54) is 6.20 Å². The van der Waals surface area contributed by atoms with Gasteiger partial charge in [0.1, 0.15) is 6.54 Å². The number of rotatable bonds is 2. The van der Waals surface area contributed by atoms with E-state index in [-0.39, 0.29) is 17.7 Å². The standard InChI is InChI=1S/C9H13ClN2O/c1-9(2,3)8(13)6-12-5-7(10)4-11-12/h4-5H,6H2,1-3H3. The van der Waals surface area contributed by atoms with Crippen LogP contribution in [0.3, 0.4) is 0 Å². The molecule has 0 amide bonds. The maximum Gasteiger partial charge on any atom is 0.159 e. The quantitative estimate of drug-likeness (QED) is 0.733. The Bertz CT molecular complexity index is 312. The summed E-state index contributed by atoms with van der Waals surface area (Å²) >= 11 is 5.66. The fraction of sp³-hybridized carbons (Fsp3) is 0.556. The maximum atomic E-state index is 11.5. The van der Waals surface area contributed by atoms with Gasteiger partial charge < -0.3 is 0 Å². The van der Waals surface area contributed by atoms with E-state index in [1.54, 1.807) is 10.9 Å². The molecule has 4 heteroatoms. The van der Waals surface area contributed by atoms with Crippen LogP contribution in [-0.2, 0) is 11.3 Å². The summed E-state index contributed by atoms with van der Waals surface area (Å²) in [6.07, 6.45) is 3.17. The highest BCUT2D eigenvalue weighted by atomic mass is 35.5. The van der Waals surface area contributed by atoms with Gasteiger partial charge in [-0.25, -0.2) is 0 Å². The Morgan fingerprint density at radius 3 is 2.62 bits per heavy atom. The second-order valence-corrected chi connectivity index (χ2v) is 4.47. The molecule has 13 heavy (non-hydrogen) atoms. The second kappa shape index (κ2) is 3.50. The van der Waals surface area contributed by atoms with Crippen molar-refractivity contribution in [3.8, 4) is 0 Å². The summed E-state index contributed by atoms with van der Waals surface area (Å²) in [5.41, 5.74) is -0.321. The van der Waals surface area contributed by atoms with Gasteiger partial charge in [-0.05, 0) is 0 Å². The first-order chi connectivity index (χ1) is 5.89. The van der Waals surface area contributed by atoms with Crippen molar-refractivity contribution in [2.45, 2.75) is 27.3 Å². The molecule has 72 valence electrons. The van der Waals surface area contributed by atoms with E-state index in [0.717, 1.165) is 0 Å². The van der Waals surface area contributed by atoms with Gasteiger partial charge in [-0.2, -0.15) is 5.10 Å². The minimum atomic E-state index is -0.321. The molecule has 0 atom stereocenters. The largest absolute Gasteiger partial charge is 0.297 e. The summed E-state index contributed by atoms with van der Waals surface area (Å²) in [5, 5.41) is 4.49. The number of nitrogens with zero attached hydrogens (tertiary/aromatic N) is 2. The minimum Gasteiger partial charge on any atom is -0.297 e. The van der Waals surface area contributed by atoms with Crippen molar-refractivity contribution in [1.29, 1.82) is 0 Å². The molecule has 0 fully saturated rings. The number of aromatic nitrogens is 2. The summed E-state index contributed by atoms with van der Waals surface area (Å²) in [6, 6.07) is 0. The molecular formula is C9H13ClN2O. The van der Waals surface area contributed by atoms with Gasteiger partial charge >= 0.3 is 0 Å². The van der Waals surface area contributed by atoms with Crippen LogP contribution in [0.25, 0.3) is 0 Å². The fourth-order valence-corrected chi connectivity index (χ4v) is 0.965. The van der Waals surface area contributed by atoms with Crippen LogP contribution in [0.15, 0.2) is 12.4 Å². The number of hydrogen-bond donors (Lipinski definition) is 0. The predicted molar refractivity (Wildman–Crippen MR) is 51.7 cm³/mol. The molecule has 1 aromatic heterocycles. The van der Waals surface area contributed by atoms with Gasteiger partial charge in [0.05, 0.1) is 11.2 Å². The Balaban J connectivity index is 2.65. The van der Waals surface area contributed by atoms with Crippen molar-refractivity contribution in [2.24, 2.45) is 5.41 Å². The number of carbonyl (C=O) groups excluding carboxylic acids is 1. The smallest absolute Gasteiger partial charge is 0.159 e. The summed E-state index contributed by atoms with van der Waals surface area (Å²) in [4.78, 5) is 11.5. The molecule has 0 bridgehead atoms. The molecule has 0 N–H and O–H groups in total. The van der Waals surface area contributed by atoms with Gasteiger partial charge in [0.2, 0.25) is 0 Å². The highest BCUT2D eigenvalue weighted by Gasteiger charge is 2.21. The second-order valence-electron chi connectivity index (χ2n) is 4.03. The first kappa shape index (κ1) is 10.3. The molecule has 0 saturated heterocycles. The molecular weight excluding hydrogens is 188 g/mol. The normalized spacial score (nSPS) is 11.7. The third-order valence-electron chi connectivity index (χ3n) is 1.74. The van der Waals surface area contributed by atoms with E-state index in [0.29, 0.717) is 5.02 Å². The fourth-order valence-electron chi connectivity index (χ4n) is 0.809. The number of carbonyl (C=O) groups is 1. The number of Topliss-reactive ketones (excluding diaryl/α,β-unsaturated/α-hetero) is 1. The number of halogens is 1. The number of ketones is 1. The molecule has 1 rings (SSSR count). The molecule has 0 aromatic carbocycles. The SMILES string of the molecule is CC(C)(C)C(=O)Cn1cc(Cl)cn1. The van der Waals surface area contributed by atoms with Gasteiger partial charge in [-0.3, -0.25) is 9.48 Å². The van der Waals surface area contributed by atoms with E-state index < -0.39 is 0 Å². The van der Waals surface area contributed by atoms with Gasteiger partial charge in [-0.1, -0.05) is 32.4 Å². The van der Waals surface area contributed by atoms with E-state index in [1.807, 2.05) is 20.8 Å². The molecule has 0 radical (unpaired) electrons. The average Bonchev–Trinajstić information content (AvgIpc) is 2.33. The molecule has 0 saturated carbocycles. The minimum absolute atomic E-state index is 0.146. The first-order valence-corrected chi connectivity index (χ1v) is 4.48. The highest BCUT2D eigenvalue weighted by Crippen LogP contribution is 2.16. The first-order valence-electron chi connectivity index (χ1n) is 4.11. The van der Waals surface area contributed by atoms with Crippen molar-refractivity contribution in [2.75, 3.05) is 0 Å². The molecule has 3 nitrogen and oxygen atoms in total. The topological polar surface area (TPSA) is 34.9 Å². The Hall–Kier alpha value is -0.830. The molecule has 0 aliphatic carbocycles. The van der Waals surface area contributed by atoms with Crippen LogP contribution in [0.1, 0.15) is 20.8 Å². The Morgan fingerprint density at radius 1 is 1.62 bits per heavy atom. The molecule has 1 heterocycles. The Morgan fingerprint density at radius 2 is 2.23 bits per heavy atom. The lowest BCUT2D eigenvalue weighted by Crippen LogP contribution is -2.25. The molecule has 0 spiro atoms. The summed E-state index contributed by atoms with van der Waals surface area (Å²) < 4.78 is 1.55. The zero-order valence-electron chi connectivity index (χ0n) is 8.04. The lowest BCUT2D eigenvalue weighted by Gasteiger charge is -2.15. The van der Waals surface area contributed by atoms with Crippen LogP contribution in [0.5, 0.6) is 0 Å². The summed E-state index contributed by atoms with van der Waals surface area (Å²) in [7, 11) is 0. The molecule has 0 aliphatic heterocycles. The van der Waals surface area contributed by atoms with Crippen molar-refractivity contribution in [3.05, 3.63) is 17.4 Å². The predicted octanol–water partition coefficient (Wildman–Crippen LogP) is 2.15. The van der Waals surface area contributed by atoms with E-state index in [9.17, 15) is 4.79 Å². The van der Waals surface area contributed by atoms with E-state index in [4.69, 9.17) is 11.6 Å².